The summed E-state index contributed by atoms with van der Waals surface area (Å²) in [5.74, 6) is -7.57. The van der Waals surface area contributed by atoms with Crippen molar-refractivity contribution in [2.45, 2.75) is 35.4 Å². The van der Waals surface area contributed by atoms with Gasteiger partial charge in [-0.3, -0.25) is 28.9 Å². The van der Waals surface area contributed by atoms with Gasteiger partial charge in [0.2, 0.25) is 17.6 Å². The molecule has 2 aliphatic heterocycles. The van der Waals surface area contributed by atoms with E-state index in [2.05, 4.69) is 0 Å². The molecule has 1 N–H and O–H groups in total. The molecule has 0 bridgehead atoms. The molecule has 4 amide bonds. The van der Waals surface area contributed by atoms with Crippen molar-refractivity contribution in [3.05, 3.63) is 89.3 Å². The van der Waals surface area contributed by atoms with Crippen molar-refractivity contribution in [1.82, 2.24) is 0 Å². The fourth-order valence-corrected chi connectivity index (χ4v) is 8.89. The lowest BCUT2D eigenvalue weighted by atomic mass is 9.56. The van der Waals surface area contributed by atoms with Crippen molar-refractivity contribution in [2.75, 3.05) is 24.0 Å². The molecule has 0 spiro atoms. The number of hydrogen-bond acceptors (Lipinski definition) is 8. The standard InChI is InChI=1S/C36H29Cl2FN2O8/c1-17(42)18-4-8-21(9-5-18)40-31(44)24-13-12-23-25(28(24)32(40)45)16-35(37)33(46)41(22-10-6-20(39)7-11-22)34(47)36(35,38)29(23)19-14-26(48-2)30(43)27(15-19)49-3/h4-12,14-15,24-25,28-29,43H,13,16H2,1-3H3. The van der Waals surface area contributed by atoms with E-state index in [1.165, 1.54) is 69.7 Å². The summed E-state index contributed by atoms with van der Waals surface area (Å²) in [7, 11) is 2.66. The smallest absolute Gasteiger partial charge is 0.258 e. The minimum absolute atomic E-state index is 0.00864. The third-order valence-electron chi connectivity index (χ3n) is 10.3. The van der Waals surface area contributed by atoms with Gasteiger partial charge in [0.05, 0.1) is 37.4 Å². The number of ketones is 1. The van der Waals surface area contributed by atoms with Crippen LogP contribution in [0, 0.1) is 23.6 Å². The average Bonchev–Trinajstić information content (AvgIpc) is 3.43. The molecule has 2 aliphatic carbocycles. The number of aromatic hydroxyl groups is 1. The molecule has 4 aliphatic rings. The van der Waals surface area contributed by atoms with Crippen LogP contribution in [0.4, 0.5) is 15.8 Å². The molecule has 13 heteroatoms. The van der Waals surface area contributed by atoms with Crippen molar-refractivity contribution in [2.24, 2.45) is 17.8 Å². The topological polar surface area (TPSA) is 131 Å². The number of methoxy groups -OCH3 is 2. The lowest BCUT2D eigenvalue weighted by molar-refractivity contribution is -0.125. The van der Waals surface area contributed by atoms with Gasteiger partial charge in [0.1, 0.15) is 5.82 Å². The Morgan fingerprint density at radius 3 is 2.00 bits per heavy atom. The van der Waals surface area contributed by atoms with Gasteiger partial charge in [0.15, 0.2) is 27.0 Å². The average molecular weight is 708 g/mol. The van der Waals surface area contributed by atoms with Crippen LogP contribution in [0.3, 0.4) is 0 Å². The first-order valence-corrected chi connectivity index (χ1v) is 16.2. The number of fused-ring (bicyclic) bond motifs is 4. The number of Topliss-reactive ketones (excluding diaryl/α,β-unsaturated/α-hetero) is 1. The molecule has 2 heterocycles. The number of carbonyl (C=O) groups is 5. The maximum absolute atomic E-state index is 14.6. The van der Waals surface area contributed by atoms with Crippen LogP contribution in [0.15, 0.2) is 72.3 Å². The zero-order valence-electron chi connectivity index (χ0n) is 26.4. The Balaban J connectivity index is 1.40. The number of ether oxygens (including phenoxy) is 2. The van der Waals surface area contributed by atoms with Crippen LogP contribution >= 0.6 is 23.2 Å². The van der Waals surface area contributed by atoms with Crippen molar-refractivity contribution in [1.29, 1.82) is 0 Å². The summed E-state index contributed by atoms with van der Waals surface area (Å²) in [6, 6.07) is 13.8. The number of benzene rings is 3. The number of amides is 4. The van der Waals surface area contributed by atoms with E-state index >= 15 is 0 Å². The molecule has 10 nitrogen and oxygen atoms in total. The fourth-order valence-electron chi connectivity index (χ4n) is 7.95. The number of alkyl halides is 2. The molecule has 6 unspecified atom stereocenters. The van der Waals surface area contributed by atoms with Gasteiger partial charge in [-0.1, -0.05) is 11.6 Å². The Bertz CT molecular complexity index is 1980. The Morgan fingerprint density at radius 1 is 0.857 bits per heavy atom. The second-order valence-electron chi connectivity index (χ2n) is 12.6. The molecule has 1 saturated carbocycles. The van der Waals surface area contributed by atoms with Gasteiger partial charge in [0.25, 0.3) is 11.8 Å². The molecule has 6 atom stereocenters. The molecular formula is C36H29Cl2FN2O8. The van der Waals surface area contributed by atoms with Crippen LogP contribution in [-0.4, -0.2) is 58.5 Å². The normalized spacial score (nSPS) is 29.0. The number of phenolic OH excluding ortho intramolecular Hbond substituents is 1. The Kier molecular flexibility index (Phi) is 7.64. The summed E-state index contributed by atoms with van der Waals surface area (Å²) in [4.78, 5) is 66.6. The van der Waals surface area contributed by atoms with Crippen molar-refractivity contribution in [3.63, 3.8) is 0 Å². The van der Waals surface area contributed by atoms with Crippen LogP contribution in [0.2, 0.25) is 0 Å². The van der Waals surface area contributed by atoms with Crippen LogP contribution in [0.5, 0.6) is 17.2 Å². The lowest BCUT2D eigenvalue weighted by Crippen LogP contribution is -2.60. The van der Waals surface area contributed by atoms with E-state index in [-0.39, 0.29) is 47.2 Å². The van der Waals surface area contributed by atoms with Crippen molar-refractivity contribution in [3.8, 4) is 17.2 Å². The SMILES string of the molecule is COc1cc(C2C3=CCC4C(=O)N(c5ccc(C(C)=O)cc5)C(=O)C4C3CC3(Cl)C(=O)N(c4ccc(F)cc4)C(=O)C23Cl)cc(OC)c1O. The molecule has 3 fully saturated rings. The molecule has 7 rings (SSSR count). The highest BCUT2D eigenvalue weighted by Gasteiger charge is 2.76. The molecule has 49 heavy (non-hydrogen) atoms. The highest BCUT2D eigenvalue weighted by Crippen LogP contribution is 2.66. The maximum Gasteiger partial charge on any atom is 0.258 e. The van der Waals surface area contributed by atoms with E-state index in [0.29, 0.717) is 16.7 Å². The Hall–Kier alpha value is -4.74. The van der Waals surface area contributed by atoms with E-state index in [1.54, 1.807) is 6.08 Å². The lowest BCUT2D eigenvalue weighted by Gasteiger charge is -2.50. The van der Waals surface area contributed by atoms with Crippen molar-refractivity contribution >= 4 is 64.0 Å². The third kappa shape index (κ3) is 4.48. The number of rotatable bonds is 6. The molecule has 0 aromatic heterocycles. The van der Waals surface area contributed by atoms with Gasteiger partial charge in [0, 0.05) is 11.5 Å². The quantitative estimate of drug-likeness (QED) is 0.154. The third-order valence-corrected chi connectivity index (χ3v) is 11.7. The number of nitrogens with zero attached hydrogens (tertiary/aromatic N) is 2. The monoisotopic (exact) mass is 706 g/mol. The van der Waals surface area contributed by atoms with Gasteiger partial charge < -0.3 is 14.6 Å². The van der Waals surface area contributed by atoms with E-state index in [4.69, 9.17) is 32.7 Å². The van der Waals surface area contributed by atoms with E-state index in [1.807, 2.05) is 0 Å². The second-order valence-corrected chi connectivity index (χ2v) is 13.9. The van der Waals surface area contributed by atoms with Crippen LogP contribution < -0.4 is 19.3 Å². The minimum Gasteiger partial charge on any atom is -0.502 e. The number of imide groups is 2. The number of halogens is 3. The number of phenols is 1. The minimum atomic E-state index is -2.18. The predicted octanol–water partition coefficient (Wildman–Crippen LogP) is 5.52. The molecule has 0 radical (unpaired) electrons. The first-order chi connectivity index (χ1) is 23.3. The van der Waals surface area contributed by atoms with E-state index in [0.717, 1.165) is 21.9 Å². The van der Waals surface area contributed by atoms with Crippen LogP contribution in [-0.2, 0) is 19.2 Å². The summed E-state index contributed by atoms with van der Waals surface area (Å²) in [5.41, 5.74) is 1.57. The highest BCUT2D eigenvalue weighted by molar-refractivity contribution is 6.58. The molecule has 3 aromatic carbocycles. The number of anilines is 2. The van der Waals surface area contributed by atoms with Gasteiger partial charge in [-0.05, 0) is 91.9 Å². The van der Waals surface area contributed by atoms with Crippen molar-refractivity contribution < 1.29 is 42.9 Å². The number of carbonyl (C=O) groups excluding carboxylic acids is 5. The predicted molar refractivity (Wildman–Crippen MR) is 177 cm³/mol. The first kappa shape index (κ1) is 32.8. The zero-order valence-corrected chi connectivity index (χ0v) is 27.9. The fraction of sp³-hybridized carbons (Fsp3) is 0.306. The maximum atomic E-state index is 14.6. The van der Waals surface area contributed by atoms with Gasteiger partial charge in [-0.15, -0.1) is 23.2 Å². The Morgan fingerprint density at radius 2 is 1.43 bits per heavy atom. The number of hydrogen-bond donors (Lipinski definition) is 1. The zero-order chi connectivity index (χ0) is 35.2. The summed E-state index contributed by atoms with van der Waals surface area (Å²) >= 11 is 14.8. The molecule has 2 saturated heterocycles. The second kappa shape index (κ2) is 11.4. The molecular weight excluding hydrogens is 678 g/mol. The van der Waals surface area contributed by atoms with Crippen LogP contribution in [0.25, 0.3) is 0 Å². The van der Waals surface area contributed by atoms with E-state index < -0.39 is 62.9 Å². The van der Waals surface area contributed by atoms with Gasteiger partial charge in [-0.2, -0.15) is 0 Å². The number of allylic oxidation sites excluding steroid dienone is 2. The summed E-state index contributed by atoms with van der Waals surface area (Å²) in [5, 5.41) is 10.7. The summed E-state index contributed by atoms with van der Waals surface area (Å²) < 4.78 is 24.7. The Labute approximate surface area is 290 Å². The summed E-state index contributed by atoms with van der Waals surface area (Å²) in [6.07, 6.45) is 1.62. The molecule has 252 valence electrons. The largest absolute Gasteiger partial charge is 0.502 e. The first-order valence-electron chi connectivity index (χ1n) is 15.4. The van der Waals surface area contributed by atoms with Crippen LogP contribution in [0.1, 0.15) is 41.6 Å². The molecule has 3 aromatic rings. The van der Waals surface area contributed by atoms with Gasteiger partial charge in [-0.25, -0.2) is 9.29 Å². The van der Waals surface area contributed by atoms with E-state index in [9.17, 15) is 33.5 Å². The van der Waals surface area contributed by atoms with Gasteiger partial charge >= 0.3 is 0 Å². The summed E-state index contributed by atoms with van der Waals surface area (Å²) in [6.45, 7) is 1.41. The highest BCUT2D eigenvalue weighted by atomic mass is 35.5.